The summed E-state index contributed by atoms with van der Waals surface area (Å²) in [5, 5.41) is 19.2. The van der Waals surface area contributed by atoms with E-state index in [1.54, 1.807) is 24.3 Å². The summed E-state index contributed by atoms with van der Waals surface area (Å²) in [5.74, 6) is -0.0835. The van der Waals surface area contributed by atoms with Crippen LogP contribution in [0.5, 0.6) is 5.75 Å². The molecule has 1 aromatic heterocycles. The molecule has 0 unspecified atom stereocenters. The van der Waals surface area contributed by atoms with Gasteiger partial charge in [0.25, 0.3) is 0 Å². The van der Waals surface area contributed by atoms with E-state index in [0.29, 0.717) is 16.3 Å². The van der Waals surface area contributed by atoms with Gasteiger partial charge in [-0.05, 0) is 24.3 Å². The maximum absolute atomic E-state index is 9.62. The molecule has 4 nitrogen and oxygen atoms in total. The zero-order valence-corrected chi connectivity index (χ0v) is 9.96. The number of rotatable bonds is 2. The van der Waals surface area contributed by atoms with Gasteiger partial charge >= 0.3 is 0 Å². The first-order chi connectivity index (χ1) is 8.70. The molecule has 0 radical (unpaired) electrons. The molecule has 1 N–H and O–H groups in total. The number of pyridine rings is 1. The summed E-state index contributed by atoms with van der Waals surface area (Å²) in [4.78, 5) is 7.90. The molecule has 1 aromatic carbocycles. The third kappa shape index (κ3) is 2.65. The van der Waals surface area contributed by atoms with Gasteiger partial charge in [-0.2, -0.15) is 5.26 Å². The molecule has 0 fully saturated rings. The lowest BCUT2D eigenvalue weighted by Gasteiger charge is -2.01. The quantitative estimate of drug-likeness (QED) is 0.841. The predicted octanol–water partition coefficient (Wildman–Crippen LogP) is 3.08. The number of hydrogen-bond donors (Lipinski definition) is 1. The zero-order valence-electron chi connectivity index (χ0n) is 9.21. The summed E-state index contributed by atoms with van der Waals surface area (Å²) in [6, 6.07) is 10.3. The molecule has 88 valence electrons. The van der Waals surface area contributed by atoms with Crippen LogP contribution in [0, 0.1) is 11.3 Å². The highest BCUT2D eigenvalue weighted by molar-refractivity contribution is 6.30. The van der Waals surface area contributed by atoms with Gasteiger partial charge in [0.05, 0.1) is 17.4 Å². The van der Waals surface area contributed by atoms with Crippen LogP contribution >= 0.6 is 11.6 Å². The molecular weight excluding hydrogens is 250 g/mol. The Morgan fingerprint density at radius 1 is 1.39 bits per heavy atom. The molecular formula is C13H8ClN3O. The first-order valence-electron chi connectivity index (χ1n) is 5.08. The van der Waals surface area contributed by atoms with Crippen LogP contribution in [0.3, 0.4) is 0 Å². The second-order valence-corrected chi connectivity index (χ2v) is 3.88. The van der Waals surface area contributed by atoms with Crippen LogP contribution < -0.4 is 0 Å². The highest BCUT2D eigenvalue weighted by Gasteiger charge is 2.08. The fourth-order valence-corrected chi connectivity index (χ4v) is 1.59. The van der Waals surface area contributed by atoms with E-state index in [4.69, 9.17) is 16.9 Å². The Balaban J connectivity index is 2.48. The second-order valence-electron chi connectivity index (χ2n) is 3.44. The van der Waals surface area contributed by atoms with Crippen LogP contribution in [0.1, 0.15) is 5.56 Å². The number of aromatic hydroxyl groups is 1. The van der Waals surface area contributed by atoms with Gasteiger partial charge in [-0.3, -0.25) is 4.98 Å². The van der Waals surface area contributed by atoms with Crippen molar-refractivity contribution in [3.63, 3.8) is 0 Å². The summed E-state index contributed by atoms with van der Waals surface area (Å²) < 4.78 is 0. The largest absolute Gasteiger partial charge is 0.506 e. The Labute approximate surface area is 109 Å². The topological polar surface area (TPSA) is 69.3 Å². The smallest absolute Gasteiger partial charge is 0.152 e. The fraction of sp³-hybridized carbons (Fsp3) is 0. The van der Waals surface area contributed by atoms with Crippen molar-refractivity contribution in [1.82, 2.24) is 4.98 Å². The SMILES string of the molecule is N#CC(=Nc1cccc(Cl)c1)c1ccncc1O. The molecule has 2 rings (SSSR count). The van der Waals surface area contributed by atoms with Crippen molar-refractivity contribution in [2.75, 3.05) is 0 Å². The molecule has 0 aliphatic rings. The normalized spacial score (nSPS) is 11.0. The van der Waals surface area contributed by atoms with Gasteiger partial charge in [-0.15, -0.1) is 0 Å². The molecule has 1 heterocycles. The summed E-state index contributed by atoms with van der Waals surface area (Å²) in [7, 11) is 0. The fourth-order valence-electron chi connectivity index (χ4n) is 1.41. The van der Waals surface area contributed by atoms with Gasteiger partial charge in [0, 0.05) is 11.2 Å². The van der Waals surface area contributed by atoms with Gasteiger partial charge in [0.2, 0.25) is 0 Å². The van der Waals surface area contributed by atoms with Gasteiger partial charge in [0.15, 0.2) is 5.71 Å². The number of aromatic nitrogens is 1. The molecule has 0 spiro atoms. The summed E-state index contributed by atoms with van der Waals surface area (Å²) in [5.41, 5.74) is 1.000. The van der Waals surface area contributed by atoms with E-state index in [1.807, 2.05) is 6.07 Å². The van der Waals surface area contributed by atoms with Gasteiger partial charge in [0.1, 0.15) is 11.8 Å². The van der Waals surface area contributed by atoms with E-state index >= 15 is 0 Å². The minimum atomic E-state index is -0.0835. The van der Waals surface area contributed by atoms with E-state index in [2.05, 4.69) is 9.98 Å². The van der Waals surface area contributed by atoms with Gasteiger partial charge in [-0.25, -0.2) is 4.99 Å². The Kier molecular flexibility index (Phi) is 3.56. The number of nitriles is 1. The second kappa shape index (κ2) is 5.30. The van der Waals surface area contributed by atoms with Crippen molar-refractivity contribution in [3.8, 4) is 11.8 Å². The maximum atomic E-state index is 9.62. The van der Waals surface area contributed by atoms with Crippen molar-refractivity contribution in [2.24, 2.45) is 4.99 Å². The van der Waals surface area contributed by atoms with Crippen molar-refractivity contribution in [2.45, 2.75) is 0 Å². The monoisotopic (exact) mass is 257 g/mol. The summed E-state index contributed by atoms with van der Waals surface area (Å²) in [6.07, 6.45) is 2.75. The van der Waals surface area contributed by atoms with E-state index < -0.39 is 0 Å². The molecule has 18 heavy (non-hydrogen) atoms. The minimum absolute atomic E-state index is 0.0835. The number of nitrogens with zero attached hydrogens (tertiary/aromatic N) is 3. The summed E-state index contributed by atoms with van der Waals surface area (Å²) in [6.45, 7) is 0. The van der Waals surface area contributed by atoms with Crippen molar-refractivity contribution < 1.29 is 5.11 Å². The Hall–Kier alpha value is -2.38. The number of halogens is 1. The van der Waals surface area contributed by atoms with E-state index in [9.17, 15) is 5.11 Å². The van der Waals surface area contributed by atoms with Crippen LogP contribution in [0.25, 0.3) is 0 Å². The standard InChI is InChI=1S/C13H8ClN3O/c14-9-2-1-3-10(6-9)17-12(7-15)11-4-5-16-8-13(11)18/h1-6,8,18H. The summed E-state index contributed by atoms with van der Waals surface area (Å²) >= 11 is 5.84. The van der Waals surface area contributed by atoms with E-state index in [1.165, 1.54) is 18.5 Å². The van der Waals surface area contributed by atoms with Crippen LogP contribution in [-0.2, 0) is 0 Å². The highest BCUT2D eigenvalue weighted by atomic mass is 35.5. The maximum Gasteiger partial charge on any atom is 0.152 e. The average Bonchev–Trinajstić information content (AvgIpc) is 2.37. The van der Waals surface area contributed by atoms with Crippen LogP contribution in [0.15, 0.2) is 47.7 Å². The molecule has 0 saturated carbocycles. The van der Waals surface area contributed by atoms with Gasteiger partial charge in [-0.1, -0.05) is 17.7 Å². The lowest BCUT2D eigenvalue weighted by atomic mass is 10.1. The lowest BCUT2D eigenvalue weighted by Crippen LogP contribution is -1.97. The molecule has 0 aliphatic heterocycles. The molecule has 0 atom stereocenters. The van der Waals surface area contributed by atoms with Crippen molar-refractivity contribution in [1.29, 1.82) is 5.26 Å². The Morgan fingerprint density at radius 2 is 2.22 bits per heavy atom. The molecule has 0 saturated heterocycles. The lowest BCUT2D eigenvalue weighted by molar-refractivity contribution is 0.471. The first kappa shape index (κ1) is 12.1. The first-order valence-corrected chi connectivity index (χ1v) is 5.46. The Morgan fingerprint density at radius 3 is 2.89 bits per heavy atom. The number of hydrogen-bond acceptors (Lipinski definition) is 4. The number of aliphatic imine (C=N–C) groups is 1. The van der Waals surface area contributed by atoms with E-state index in [-0.39, 0.29) is 11.5 Å². The molecule has 0 aliphatic carbocycles. The van der Waals surface area contributed by atoms with Crippen LogP contribution in [0.2, 0.25) is 5.02 Å². The third-order valence-corrected chi connectivity index (χ3v) is 2.45. The van der Waals surface area contributed by atoms with Crippen molar-refractivity contribution in [3.05, 3.63) is 53.3 Å². The number of benzene rings is 1. The van der Waals surface area contributed by atoms with Crippen molar-refractivity contribution >= 4 is 23.0 Å². The van der Waals surface area contributed by atoms with Crippen LogP contribution in [-0.4, -0.2) is 15.8 Å². The molecule has 2 aromatic rings. The Bertz CT molecular complexity index is 647. The molecule has 5 heteroatoms. The minimum Gasteiger partial charge on any atom is -0.506 e. The molecule has 0 amide bonds. The third-order valence-electron chi connectivity index (χ3n) is 2.21. The predicted molar refractivity (Wildman–Crippen MR) is 69.2 cm³/mol. The van der Waals surface area contributed by atoms with Crippen LogP contribution in [0.4, 0.5) is 5.69 Å². The zero-order chi connectivity index (χ0) is 13.0. The average molecular weight is 258 g/mol. The van der Waals surface area contributed by atoms with E-state index in [0.717, 1.165) is 0 Å². The van der Waals surface area contributed by atoms with Gasteiger partial charge < -0.3 is 5.11 Å². The molecule has 0 bridgehead atoms. The highest BCUT2D eigenvalue weighted by Crippen LogP contribution is 2.21.